The van der Waals surface area contributed by atoms with Crippen molar-refractivity contribution in [3.63, 3.8) is 0 Å². The molecule has 7 heteroatoms. The standard InChI is InChI=1S/C21H31N5O2/c1-13(2)24-10-8-15-14(12-24)19(27)26-18(22-15)11-16(23-26)17-7-6-9-25(17)20(28)21(3,4)5/h11,13,17,23H,6-10,12H2,1-5H3. The van der Waals surface area contributed by atoms with E-state index >= 15 is 0 Å². The van der Waals surface area contributed by atoms with Crippen LogP contribution in [0.2, 0.25) is 0 Å². The molecule has 28 heavy (non-hydrogen) atoms. The van der Waals surface area contributed by atoms with Crippen molar-refractivity contribution in [3.05, 3.63) is 33.4 Å². The third-order valence-corrected chi connectivity index (χ3v) is 6.06. The zero-order valence-corrected chi connectivity index (χ0v) is 17.6. The van der Waals surface area contributed by atoms with E-state index in [1.807, 2.05) is 31.7 Å². The van der Waals surface area contributed by atoms with E-state index in [1.54, 1.807) is 4.52 Å². The molecule has 4 heterocycles. The fraction of sp³-hybridized carbons (Fsp3) is 0.667. The zero-order valence-electron chi connectivity index (χ0n) is 17.6. The van der Waals surface area contributed by atoms with Gasteiger partial charge in [0.1, 0.15) is 0 Å². The highest BCUT2D eigenvalue weighted by molar-refractivity contribution is 5.82. The molecule has 1 amide bonds. The van der Waals surface area contributed by atoms with Crippen LogP contribution in [0.15, 0.2) is 10.9 Å². The number of likely N-dealkylation sites (tertiary alicyclic amines) is 1. The maximum Gasteiger partial charge on any atom is 0.277 e. The lowest BCUT2D eigenvalue weighted by atomic mass is 9.94. The highest BCUT2D eigenvalue weighted by Crippen LogP contribution is 2.35. The second kappa shape index (κ2) is 6.72. The van der Waals surface area contributed by atoms with Gasteiger partial charge in [-0.1, -0.05) is 20.8 Å². The van der Waals surface area contributed by atoms with Crippen molar-refractivity contribution in [2.75, 3.05) is 13.1 Å². The van der Waals surface area contributed by atoms with Gasteiger partial charge < -0.3 is 4.90 Å². The van der Waals surface area contributed by atoms with Crippen LogP contribution in [0.25, 0.3) is 5.65 Å². The number of H-pyrrole nitrogens is 1. The average molecular weight is 386 g/mol. The van der Waals surface area contributed by atoms with E-state index in [0.717, 1.165) is 49.3 Å². The number of hydrogen-bond acceptors (Lipinski definition) is 4. The third-order valence-electron chi connectivity index (χ3n) is 6.06. The number of aromatic nitrogens is 3. The first-order valence-corrected chi connectivity index (χ1v) is 10.4. The molecule has 2 aromatic rings. The highest BCUT2D eigenvalue weighted by Gasteiger charge is 2.36. The summed E-state index contributed by atoms with van der Waals surface area (Å²) < 4.78 is 1.57. The van der Waals surface area contributed by atoms with Gasteiger partial charge in [-0.3, -0.25) is 19.6 Å². The Morgan fingerprint density at radius 1 is 1.29 bits per heavy atom. The van der Waals surface area contributed by atoms with Crippen molar-refractivity contribution in [2.45, 2.75) is 72.5 Å². The number of amides is 1. The maximum absolute atomic E-state index is 13.1. The number of aromatic amines is 1. The van der Waals surface area contributed by atoms with E-state index in [4.69, 9.17) is 4.98 Å². The summed E-state index contributed by atoms with van der Waals surface area (Å²) in [4.78, 5) is 35.0. The summed E-state index contributed by atoms with van der Waals surface area (Å²) >= 11 is 0. The number of nitrogens with zero attached hydrogens (tertiary/aromatic N) is 4. The molecule has 1 atom stereocenters. The van der Waals surface area contributed by atoms with Crippen LogP contribution in [0, 0.1) is 5.41 Å². The van der Waals surface area contributed by atoms with E-state index < -0.39 is 5.41 Å². The Labute approximate surface area is 165 Å². The predicted molar refractivity (Wildman–Crippen MR) is 108 cm³/mol. The van der Waals surface area contributed by atoms with Gasteiger partial charge in [0.05, 0.1) is 23.0 Å². The number of nitrogens with one attached hydrogen (secondary N) is 1. The van der Waals surface area contributed by atoms with Crippen LogP contribution in [0.4, 0.5) is 0 Å². The Bertz CT molecular complexity index is 966. The molecule has 0 aromatic carbocycles. The Morgan fingerprint density at radius 3 is 2.71 bits per heavy atom. The van der Waals surface area contributed by atoms with Gasteiger partial charge in [0.25, 0.3) is 5.56 Å². The Balaban J connectivity index is 1.72. The molecule has 1 fully saturated rings. The van der Waals surface area contributed by atoms with Crippen LogP contribution in [-0.4, -0.2) is 49.4 Å². The molecular formula is C21H31N5O2. The number of carbonyl (C=O) groups excluding carboxylic acids is 1. The van der Waals surface area contributed by atoms with Crippen LogP contribution in [0.5, 0.6) is 0 Å². The van der Waals surface area contributed by atoms with Crippen LogP contribution in [0.1, 0.15) is 70.5 Å². The quantitative estimate of drug-likeness (QED) is 0.862. The highest BCUT2D eigenvalue weighted by atomic mass is 16.2. The lowest BCUT2D eigenvalue weighted by Gasteiger charge is -2.30. The van der Waals surface area contributed by atoms with Crippen molar-refractivity contribution in [3.8, 4) is 0 Å². The Hall–Kier alpha value is -2.15. The molecule has 2 aromatic heterocycles. The summed E-state index contributed by atoms with van der Waals surface area (Å²) in [6.45, 7) is 12.5. The molecule has 0 aliphatic carbocycles. The van der Waals surface area contributed by atoms with Crippen molar-refractivity contribution < 1.29 is 4.79 Å². The largest absolute Gasteiger partial charge is 0.334 e. The van der Waals surface area contributed by atoms with Crippen LogP contribution >= 0.6 is 0 Å². The summed E-state index contributed by atoms with van der Waals surface area (Å²) in [5, 5.41) is 3.27. The molecule has 1 unspecified atom stereocenters. The maximum atomic E-state index is 13.1. The molecule has 4 rings (SSSR count). The molecule has 0 radical (unpaired) electrons. The monoisotopic (exact) mass is 385 g/mol. The van der Waals surface area contributed by atoms with Gasteiger partial charge in [-0.15, -0.1) is 0 Å². The fourth-order valence-corrected chi connectivity index (χ4v) is 4.40. The lowest BCUT2D eigenvalue weighted by molar-refractivity contribution is -0.140. The molecular weight excluding hydrogens is 354 g/mol. The average Bonchev–Trinajstić information content (AvgIpc) is 3.26. The number of fused-ring (bicyclic) bond motifs is 2. The number of rotatable bonds is 2. The van der Waals surface area contributed by atoms with Crippen molar-refractivity contribution >= 4 is 11.6 Å². The molecule has 1 N–H and O–H groups in total. The second-order valence-corrected chi connectivity index (χ2v) is 9.47. The van der Waals surface area contributed by atoms with E-state index in [1.165, 1.54) is 0 Å². The van der Waals surface area contributed by atoms with Gasteiger partial charge in [-0.05, 0) is 26.7 Å². The molecule has 2 aliphatic heterocycles. The molecule has 0 spiro atoms. The second-order valence-electron chi connectivity index (χ2n) is 9.47. The molecule has 7 nitrogen and oxygen atoms in total. The van der Waals surface area contributed by atoms with Gasteiger partial charge in [-0.25, -0.2) is 9.50 Å². The first-order valence-electron chi connectivity index (χ1n) is 10.4. The van der Waals surface area contributed by atoms with E-state index in [0.29, 0.717) is 18.2 Å². The first-order chi connectivity index (χ1) is 13.2. The predicted octanol–water partition coefficient (Wildman–Crippen LogP) is 2.50. The van der Waals surface area contributed by atoms with Crippen LogP contribution < -0.4 is 5.56 Å². The number of hydrogen-bond donors (Lipinski definition) is 1. The smallest absolute Gasteiger partial charge is 0.277 e. The van der Waals surface area contributed by atoms with Gasteiger partial charge >= 0.3 is 0 Å². The summed E-state index contributed by atoms with van der Waals surface area (Å²) in [5.41, 5.74) is 2.85. The molecule has 1 saturated heterocycles. The lowest BCUT2D eigenvalue weighted by Crippen LogP contribution is -2.40. The van der Waals surface area contributed by atoms with Crippen molar-refractivity contribution in [1.29, 1.82) is 0 Å². The minimum atomic E-state index is -0.414. The topological polar surface area (TPSA) is 73.7 Å². The zero-order chi connectivity index (χ0) is 20.2. The minimum absolute atomic E-state index is 0.0108. The Morgan fingerprint density at radius 2 is 2.04 bits per heavy atom. The van der Waals surface area contributed by atoms with E-state index in [9.17, 15) is 9.59 Å². The molecule has 0 bridgehead atoms. The SMILES string of the molecule is CC(C)N1CCc2nc3cc(C4CCCN4C(=O)C(C)(C)C)[nH]n3c(=O)c2C1. The van der Waals surface area contributed by atoms with E-state index in [-0.39, 0.29) is 17.5 Å². The van der Waals surface area contributed by atoms with Crippen molar-refractivity contribution in [2.24, 2.45) is 5.41 Å². The summed E-state index contributed by atoms with van der Waals surface area (Å²) in [5.74, 6) is 0.154. The van der Waals surface area contributed by atoms with Crippen LogP contribution in [0.3, 0.4) is 0 Å². The molecule has 152 valence electrons. The molecule has 2 aliphatic rings. The van der Waals surface area contributed by atoms with Gasteiger partial charge in [0, 0.05) is 43.6 Å². The summed E-state index contributed by atoms with van der Waals surface area (Å²) in [6.07, 6.45) is 2.69. The number of carbonyl (C=O) groups is 1. The Kier molecular flexibility index (Phi) is 4.61. The third kappa shape index (κ3) is 3.15. The summed E-state index contributed by atoms with van der Waals surface area (Å²) in [7, 11) is 0. The first kappa shape index (κ1) is 19.2. The van der Waals surface area contributed by atoms with Crippen molar-refractivity contribution in [1.82, 2.24) is 24.4 Å². The molecule has 0 saturated carbocycles. The van der Waals surface area contributed by atoms with Gasteiger partial charge in [0.2, 0.25) is 5.91 Å². The van der Waals surface area contributed by atoms with E-state index in [2.05, 4.69) is 23.8 Å². The van der Waals surface area contributed by atoms with Gasteiger partial charge in [0.15, 0.2) is 5.65 Å². The minimum Gasteiger partial charge on any atom is -0.334 e. The van der Waals surface area contributed by atoms with Crippen LogP contribution in [-0.2, 0) is 17.8 Å². The van der Waals surface area contributed by atoms with Gasteiger partial charge in [-0.2, -0.15) is 0 Å². The fourth-order valence-electron chi connectivity index (χ4n) is 4.40. The normalized spacial score (nSPS) is 20.9. The summed E-state index contributed by atoms with van der Waals surface area (Å²) in [6, 6.07) is 2.34.